The Kier molecular flexibility index (Phi) is 6.97. The first-order valence-electron chi connectivity index (χ1n) is 9.41. The molecule has 8 nitrogen and oxygen atoms in total. The predicted molar refractivity (Wildman–Crippen MR) is 108 cm³/mol. The van der Waals surface area contributed by atoms with E-state index in [1.54, 1.807) is 9.80 Å². The van der Waals surface area contributed by atoms with Crippen molar-refractivity contribution in [1.29, 1.82) is 0 Å². The van der Waals surface area contributed by atoms with Crippen LogP contribution in [-0.2, 0) is 14.4 Å². The number of carbonyl (C=O) groups excluding carboxylic acids is 4. The lowest BCUT2D eigenvalue weighted by atomic mass is 10.2. The van der Waals surface area contributed by atoms with Gasteiger partial charge in [-0.25, -0.2) is 0 Å². The van der Waals surface area contributed by atoms with Gasteiger partial charge in [-0.3, -0.25) is 19.2 Å². The van der Waals surface area contributed by atoms with Crippen LogP contribution in [0.15, 0.2) is 18.2 Å². The van der Waals surface area contributed by atoms with Crippen LogP contribution in [0.25, 0.3) is 0 Å². The highest BCUT2D eigenvalue weighted by Gasteiger charge is 2.35. The van der Waals surface area contributed by atoms with Crippen LogP contribution in [0.4, 0.5) is 0 Å². The molecule has 1 aromatic rings. The third-order valence-corrected chi connectivity index (χ3v) is 5.44. The van der Waals surface area contributed by atoms with Crippen molar-refractivity contribution in [2.75, 3.05) is 39.3 Å². The lowest BCUT2D eigenvalue weighted by Gasteiger charge is -2.35. The average Bonchev–Trinajstić information content (AvgIpc) is 3.55. The van der Waals surface area contributed by atoms with Gasteiger partial charge in [0.1, 0.15) is 0 Å². The number of nitrogens with zero attached hydrogens (tertiary/aromatic N) is 2. The average molecular weight is 441 g/mol. The first-order chi connectivity index (χ1) is 13.8. The Balaban J connectivity index is 1.36. The topological polar surface area (TPSA) is 98.8 Å². The maximum atomic E-state index is 12.3. The van der Waals surface area contributed by atoms with E-state index >= 15 is 0 Å². The van der Waals surface area contributed by atoms with Gasteiger partial charge in [0.15, 0.2) is 0 Å². The zero-order valence-electron chi connectivity index (χ0n) is 15.7. The minimum Gasteiger partial charge on any atom is -0.345 e. The highest BCUT2D eigenvalue weighted by Crippen LogP contribution is 2.31. The number of amides is 4. The minimum absolute atomic E-state index is 0.160. The van der Waals surface area contributed by atoms with Gasteiger partial charge in [-0.15, -0.1) is 0 Å². The van der Waals surface area contributed by atoms with E-state index in [1.807, 2.05) is 0 Å². The number of piperazine rings is 1. The molecule has 0 atom stereocenters. The number of benzene rings is 1. The molecule has 1 aromatic carbocycles. The number of carbonyl (C=O) groups is 4. The summed E-state index contributed by atoms with van der Waals surface area (Å²) in [5, 5.41) is 5.53. The lowest BCUT2D eigenvalue weighted by molar-refractivity contribution is -0.140. The summed E-state index contributed by atoms with van der Waals surface area (Å²) >= 11 is 11.7. The smallest absolute Gasteiger partial charge is 0.253 e. The maximum Gasteiger partial charge on any atom is 0.253 e. The van der Waals surface area contributed by atoms with Gasteiger partial charge in [-0.1, -0.05) is 23.2 Å². The normalized spacial score (nSPS) is 16.3. The van der Waals surface area contributed by atoms with Crippen molar-refractivity contribution in [3.8, 4) is 0 Å². The van der Waals surface area contributed by atoms with E-state index in [-0.39, 0.29) is 41.4 Å². The summed E-state index contributed by atoms with van der Waals surface area (Å²) in [5.41, 5.74) is 0.207. The number of rotatable bonds is 6. The number of hydrogen-bond donors (Lipinski definition) is 2. The predicted octanol–water partition coefficient (Wildman–Crippen LogP) is 0.920. The van der Waals surface area contributed by atoms with Crippen molar-refractivity contribution in [1.82, 2.24) is 20.4 Å². The van der Waals surface area contributed by atoms with E-state index in [1.165, 1.54) is 18.2 Å². The zero-order valence-corrected chi connectivity index (χ0v) is 17.3. The van der Waals surface area contributed by atoms with Crippen LogP contribution >= 0.6 is 23.2 Å². The molecule has 2 N–H and O–H groups in total. The van der Waals surface area contributed by atoms with Crippen LogP contribution in [0.5, 0.6) is 0 Å². The van der Waals surface area contributed by atoms with Crippen molar-refractivity contribution in [3.63, 3.8) is 0 Å². The van der Waals surface area contributed by atoms with Gasteiger partial charge in [0.25, 0.3) is 5.91 Å². The molecule has 2 aliphatic rings. The highest BCUT2D eigenvalue weighted by atomic mass is 35.5. The molecule has 1 saturated heterocycles. The van der Waals surface area contributed by atoms with E-state index in [2.05, 4.69) is 10.6 Å². The molecule has 2 fully saturated rings. The van der Waals surface area contributed by atoms with Gasteiger partial charge in [-0.2, -0.15) is 0 Å². The third-order valence-electron chi connectivity index (χ3n) is 4.89. The van der Waals surface area contributed by atoms with Crippen LogP contribution in [-0.4, -0.2) is 72.7 Å². The van der Waals surface area contributed by atoms with E-state index in [0.29, 0.717) is 31.2 Å². The molecular formula is C19H22Cl2N4O4. The molecule has 10 heteroatoms. The van der Waals surface area contributed by atoms with E-state index in [9.17, 15) is 19.2 Å². The van der Waals surface area contributed by atoms with Gasteiger partial charge >= 0.3 is 0 Å². The summed E-state index contributed by atoms with van der Waals surface area (Å²) in [6.45, 7) is 1.51. The van der Waals surface area contributed by atoms with Crippen molar-refractivity contribution in [3.05, 3.63) is 33.8 Å². The van der Waals surface area contributed by atoms with E-state index in [4.69, 9.17) is 23.2 Å². The quantitative estimate of drug-likeness (QED) is 0.686. The molecule has 0 aromatic heterocycles. The molecule has 29 heavy (non-hydrogen) atoms. The second-order valence-corrected chi connectivity index (χ2v) is 7.91. The summed E-state index contributed by atoms with van der Waals surface area (Å²) in [7, 11) is 0. The second kappa shape index (κ2) is 9.45. The lowest BCUT2D eigenvalue weighted by Crippen LogP contribution is -2.53. The molecule has 1 saturated carbocycles. The van der Waals surface area contributed by atoms with Crippen molar-refractivity contribution in [2.24, 2.45) is 5.92 Å². The standard InChI is InChI=1S/C19H22Cl2N4O4/c20-13-3-4-14(15(21)9-13)18(28)23-10-16(26)22-11-17(27)24-5-7-25(8-6-24)19(29)12-1-2-12/h3-4,9,12H,1-2,5-8,10-11H2,(H,22,26)(H,23,28). The van der Waals surface area contributed by atoms with Crippen molar-refractivity contribution < 1.29 is 19.2 Å². The molecule has 0 spiro atoms. The maximum absolute atomic E-state index is 12.3. The Bertz CT molecular complexity index is 820. The first-order valence-corrected chi connectivity index (χ1v) is 10.2. The van der Waals surface area contributed by atoms with Gasteiger partial charge < -0.3 is 20.4 Å². The van der Waals surface area contributed by atoms with E-state index in [0.717, 1.165) is 12.8 Å². The highest BCUT2D eigenvalue weighted by molar-refractivity contribution is 6.36. The molecule has 3 rings (SSSR count). The first kappa shape index (κ1) is 21.4. The van der Waals surface area contributed by atoms with Gasteiger partial charge in [-0.05, 0) is 31.0 Å². The summed E-state index contributed by atoms with van der Waals surface area (Å²) in [5.74, 6) is -0.857. The Hall–Kier alpha value is -2.32. The monoisotopic (exact) mass is 440 g/mol. The largest absolute Gasteiger partial charge is 0.345 e. The summed E-state index contributed by atoms with van der Waals surface area (Å²) in [6, 6.07) is 4.43. The van der Waals surface area contributed by atoms with Crippen LogP contribution < -0.4 is 10.6 Å². The number of hydrogen-bond acceptors (Lipinski definition) is 4. The molecule has 1 aliphatic heterocycles. The second-order valence-electron chi connectivity index (χ2n) is 7.06. The fraction of sp³-hybridized carbons (Fsp3) is 0.474. The van der Waals surface area contributed by atoms with Crippen molar-refractivity contribution in [2.45, 2.75) is 12.8 Å². The molecular weight excluding hydrogens is 419 g/mol. The minimum atomic E-state index is -0.510. The molecule has 0 bridgehead atoms. The van der Waals surface area contributed by atoms with Gasteiger partial charge in [0.2, 0.25) is 17.7 Å². The fourth-order valence-electron chi connectivity index (χ4n) is 3.04. The molecule has 156 valence electrons. The Morgan fingerprint density at radius 2 is 1.59 bits per heavy atom. The SMILES string of the molecule is O=C(CNC(=O)c1ccc(Cl)cc1Cl)NCC(=O)N1CCN(C(=O)C2CC2)CC1. The summed E-state index contributed by atoms with van der Waals surface area (Å²) < 4.78 is 0. The van der Waals surface area contributed by atoms with Crippen molar-refractivity contribution >= 4 is 46.8 Å². The van der Waals surface area contributed by atoms with E-state index < -0.39 is 11.8 Å². The molecule has 1 aliphatic carbocycles. The molecule has 0 unspecified atom stereocenters. The Labute approximate surface area is 178 Å². The third kappa shape index (κ3) is 5.83. The Morgan fingerprint density at radius 1 is 0.931 bits per heavy atom. The van der Waals surface area contributed by atoms with Gasteiger partial charge in [0, 0.05) is 37.1 Å². The number of nitrogens with one attached hydrogen (secondary N) is 2. The molecule has 1 heterocycles. The summed E-state index contributed by atoms with van der Waals surface area (Å²) in [6.07, 6.45) is 1.93. The van der Waals surface area contributed by atoms with Crippen LogP contribution in [0.3, 0.4) is 0 Å². The van der Waals surface area contributed by atoms with Crippen LogP contribution in [0.2, 0.25) is 10.0 Å². The summed E-state index contributed by atoms with van der Waals surface area (Å²) in [4.78, 5) is 51.7. The van der Waals surface area contributed by atoms with Gasteiger partial charge in [0.05, 0.1) is 23.7 Å². The number of halogens is 2. The molecule has 4 amide bonds. The fourth-order valence-corrected chi connectivity index (χ4v) is 3.54. The Morgan fingerprint density at radius 3 is 2.21 bits per heavy atom. The zero-order chi connectivity index (χ0) is 21.0. The van der Waals surface area contributed by atoms with Crippen LogP contribution in [0.1, 0.15) is 23.2 Å². The van der Waals surface area contributed by atoms with Crippen LogP contribution in [0, 0.1) is 5.92 Å². The molecule has 0 radical (unpaired) electrons.